The molecule has 1 amide bonds. The molecule has 1 rings (SSSR count). The summed E-state index contributed by atoms with van der Waals surface area (Å²) < 4.78 is 23.6. The molecule has 1 N–H and O–H groups in total. The summed E-state index contributed by atoms with van der Waals surface area (Å²) >= 11 is 0. The minimum absolute atomic E-state index is 0.0444. The highest BCUT2D eigenvalue weighted by molar-refractivity contribution is 5.67. The zero-order valence-electron chi connectivity index (χ0n) is 9.43. The van der Waals surface area contributed by atoms with Crippen molar-refractivity contribution in [2.24, 2.45) is 0 Å². The fourth-order valence-electron chi connectivity index (χ4n) is 1.27. The minimum atomic E-state index is -1.43. The van der Waals surface area contributed by atoms with E-state index in [2.05, 4.69) is 5.32 Å². The SMILES string of the molecule is CC(C)(C)OC(=O)NCC1(F)CCOC1. The second-order valence-corrected chi connectivity index (χ2v) is 4.81. The Morgan fingerprint density at radius 2 is 2.27 bits per heavy atom. The summed E-state index contributed by atoms with van der Waals surface area (Å²) in [6.07, 6.45) is -0.269. The standard InChI is InChI=1S/C10H18FNO3/c1-9(2,3)15-8(13)12-6-10(11)4-5-14-7-10/h4-7H2,1-3H3,(H,12,13). The zero-order chi connectivity index (χ0) is 11.5. The van der Waals surface area contributed by atoms with Gasteiger partial charge >= 0.3 is 6.09 Å². The summed E-state index contributed by atoms with van der Waals surface area (Å²) in [6, 6.07) is 0. The molecule has 88 valence electrons. The minimum Gasteiger partial charge on any atom is -0.444 e. The highest BCUT2D eigenvalue weighted by atomic mass is 19.1. The number of hydrogen-bond acceptors (Lipinski definition) is 3. The van der Waals surface area contributed by atoms with Gasteiger partial charge in [0, 0.05) is 13.0 Å². The molecule has 0 aromatic carbocycles. The summed E-state index contributed by atoms with van der Waals surface area (Å²) in [5.41, 5.74) is -1.99. The topological polar surface area (TPSA) is 47.6 Å². The molecule has 1 heterocycles. The van der Waals surface area contributed by atoms with E-state index in [1.165, 1.54) is 0 Å². The van der Waals surface area contributed by atoms with Gasteiger partial charge in [-0.1, -0.05) is 0 Å². The van der Waals surface area contributed by atoms with Gasteiger partial charge in [-0.25, -0.2) is 9.18 Å². The molecule has 1 atom stereocenters. The van der Waals surface area contributed by atoms with E-state index in [0.717, 1.165) is 0 Å². The van der Waals surface area contributed by atoms with Crippen LogP contribution in [0.1, 0.15) is 27.2 Å². The monoisotopic (exact) mass is 219 g/mol. The Kier molecular flexibility index (Phi) is 3.54. The summed E-state index contributed by atoms with van der Waals surface area (Å²) in [7, 11) is 0. The fraction of sp³-hybridized carbons (Fsp3) is 0.900. The lowest BCUT2D eigenvalue weighted by atomic mass is 10.1. The molecule has 0 bridgehead atoms. The molecule has 1 aliphatic rings. The van der Waals surface area contributed by atoms with E-state index in [1.807, 2.05) is 0 Å². The average molecular weight is 219 g/mol. The molecular weight excluding hydrogens is 201 g/mol. The maximum absolute atomic E-state index is 13.7. The molecule has 0 spiro atoms. The Balaban J connectivity index is 2.28. The number of nitrogens with one attached hydrogen (secondary N) is 1. The van der Waals surface area contributed by atoms with Gasteiger partial charge in [-0.2, -0.15) is 0 Å². The number of carbonyl (C=O) groups is 1. The highest BCUT2D eigenvalue weighted by Gasteiger charge is 2.35. The quantitative estimate of drug-likeness (QED) is 0.768. The van der Waals surface area contributed by atoms with Crippen LogP contribution >= 0.6 is 0 Å². The van der Waals surface area contributed by atoms with E-state index in [0.29, 0.717) is 13.0 Å². The average Bonchev–Trinajstić information content (AvgIpc) is 2.47. The molecule has 1 saturated heterocycles. The zero-order valence-corrected chi connectivity index (χ0v) is 9.43. The van der Waals surface area contributed by atoms with Gasteiger partial charge in [0.2, 0.25) is 0 Å². The summed E-state index contributed by atoms with van der Waals surface area (Å²) in [5, 5.41) is 2.41. The molecule has 0 aliphatic carbocycles. The number of rotatable bonds is 2. The molecule has 5 heteroatoms. The van der Waals surface area contributed by atoms with Crippen molar-refractivity contribution in [3.05, 3.63) is 0 Å². The third-order valence-electron chi connectivity index (χ3n) is 2.00. The maximum Gasteiger partial charge on any atom is 0.407 e. The van der Waals surface area contributed by atoms with E-state index in [1.54, 1.807) is 20.8 Å². The van der Waals surface area contributed by atoms with Gasteiger partial charge in [0.25, 0.3) is 0 Å². The first-order valence-electron chi connectivity index (χ1n) is 5.04. The van der Waals surface area contributed by atoms with Gasteiger partial charge in [-0.05, 0) is 20.8 Å². The Bertz CT molecular complexity index is 231. The van der Waals surface area contributed by atoms with Gasteiger partial charge < -0.3 is 14.8 Å². The predicted molar refractivity (Wildman–Crippen MR) is 53.5 cm³/mol. The van der Waals surface area contributed by atoms with Gasteiger partial charge in [0.1, 0.15) is 5.60 Å². The van der Waals surface area contributed by atoms with Gasteiger partial charge in [-0.3, -0.25) is 0 Å². The van der Waals surface area contributed by atoms with Crippen molar-refractivity contribution in [1.82, 2.24) is 5.32 Å². The first kappa shape index (κ1) is 12.2. The van der Waals surface area contributed by atoms with Crippen LogP contribution in [0.2, 0.25) is 0 Å². The molecule has 1 fully saturated rings. The predicted octanol–water partition coefficient (Wildman–Crippen LogP) is 1.64. The van der Waals surface area contributed by atoms with E-state index < -0.39 is 17.4 Å². The molecule has 1 unspecified atom stereocenters. The molecule has 15 heavy (non-hydrogen) atoms. The van der Waals surface area contributed by atoms with Crippen LogP contribution in [-0.4, -0.2) is 37.1 Å². The van der Waals surface area contributed by atoms with Crippen LogP contribution in [0.15, 0.2) is 0 Å². The first-order chi connectivity index (χ1) is 6.81. The van der Waals surface area contributed by atoms with Crippen LogP contribution in [-0.2, 0) is 9.47 Å². The number of hydrogen-bond donors (Lipinski definition) is 1. The third-order valence-corrected chi connectivity index (χ3v) is 2.00. The van der Waals surface area contributed by atoms with Crippen LogP contribution in [0.25, 0.3) is 0 Å². The Hall–Kier alpha value is -0.840. The largest absolute Gasteiger partial charge is 0.444 e. The van der Waals surface area contributed by atoms with E-state index >= 15 is 0 Å². The van der Waals surface area contributed by atoms with Crippen LogP contribution in [0.3, 0.4) is 0 Å². The van der Waals surface area contributed by atoms with Crippen LogP contribution < -0.4 is 5.32 Å². The Morgan fingerprint density at radius 3 is 2.73 bits per heavy atom. The van der Waals surface area contributed by atoms with E-state index in [4.69, 9.17) is 9.47 Å². The van der Waals surface area contributed by atoms with E-state index in [9.17, 15) is 9.18 Å². The van der Waals surface area contributed by atoms with Crippen molar-refractivity contribution < 1.29 is 18.7 Å². The smallest absolute Gasteiger partial charge is 0.407 e. The molecule has 0 aromatic heterocycles. The van der Waals surface area contributed by atoms with Crippen LogP contribution in [0.5, 0.6) is 0 Å². The number of carbonyl (C=O) groups excluding carboxylic acids is 1. The lowest BCUT2D eigenvalue weighted by Crippen LogP contribution is -2.42. The van der Waals surface area contributed by atoms with Gasteiger partial charge in [-0.15, -0.1) is 0 Å². The lowest BCUT2D eigenvalue weighted by molar-refractivity contribution is 0.0462. The van der Waals surface area contributed by atoms with Crippen molar-refractivity contribution in [3.8, 4) is 0 Å². The van der Waals surface area contributed by atoms with Crippen LogP contribution in [0, 0.1) is 0 Å². The molecule has 0 radical (unpaired) electrons. The molecule has 1 aliphatic heterocycles. The molecular formula is C10H18FNO3. The maximum atomic E-state index is 13.7. The second-order valence-electron chi connectivity index (χ2n) is 4.81. The number of alkyl carbamates (subject to hydrolysis) is 1. The van der Waals surface area contributed by atoms with Gasteiger partial charge in [0.15, 0.2) is 5.67 Å². The molecule has 4 nitrogen and oxygen atoms in total. The number of ether oxygens (including phenoxy) is 2. The summed E-state index contributed by atoms with van der Waals surface area (Å²) in [6.45, 7) is 5.68. The Labute approximate surface area is 89.1 Å². The highest BCUT2D eigenvalue weighted by Crippen LogP contribution is 2.22. The van der Waals surface area contributed by atoms with Gasteiger partial charge in [0.05, 0.1) is 13.2 Å². The van der Waals surface area contributed by atoms with Crippen molar-refractivity contribution in [1.29, 1.82) is 0 Å². The van der Waals surface area contributed by atoms with E-state index in [-0.39, 0.29) is 13.2 Å². The molecule has 0 saturated carbocycles. The number of amides is 1. The fourth-order valence-corrected chi connectivity index (χ4v) is 1.27. The Morgan fingerprint density at radius 1 is 1.60 bits per heavy atom. The molecule has 0 aromatic rings. The van der Waals surface area contributed by atoms with Crippen LogP contribution in [0.4, 0.5) is 9.18 Å². The number of alkyl halides is 1. The van der Waals surface area contributed by atoms with Crippen molar-refractivity contribution in [3.63, 3.8) is 0 Å². The van der Waals surface area contributed by atoms with Crippen molar-refractivity contribution in [2.75, 3.05) is 19.8 Å². The third kappa shape index (κ3) is 4.46. The van der Waals surface area contributed by atoms with Crippen molar-refractivity contribution in [2.45, 2.75) is 38.5 Å². The normalized spacial score (nSPS) is 26.4. The van der Waals surface area contributed by atoms with Crippen molar-refractivity contribution >= 4 is 6.09 Å². The first-order valence-corrected chi connectivity index (χ1v) is 5.04. The second kappa shape index (κ2) is 4.35. The lowest BCUT2D eigenvalue weighted by Gasteiger charge is -2.22. The summed E-state index contributed by atoms with van der Waals surface area (Å²) in [4.78, 5) is 11.2. The summed E-state index contributed by atoms with van der Waals surface area (Å²) in [5.74, 6) is 0. The number of halogens is 1.